The normalized spacial score (nSPS) is 10.9. The lowest BCUT2D eigenvalue weighted by atomic mass is 10.4. The fourth-order valence-electron chi connectivity index (χ4n) is 1.75. The summed E-state index contributed by atoms with van der Waals surface area (Å²) in [6, 6.07) is 0. The first kappa shape index (κ1) is 15.9. The van der Waals surface area contributed by atoms with Crippen LogP contribution in [0.1, 0.15) is 32.9 Å². The molecule has 0 aliphatic heterocycles. The third-order valence-corrected chi connectivity index (χ3v) is 2.95. The van der Waals surface area contributed by atoms with E-state index in [1.165, 1.54) is 0 Å². The topological polar surface area (TPSA) is 50.3 Å². The predicted molar refractivity (Wildman–Crippen MR) is 77.3 cm³/mol. The Labute approximate surface area is 116 Å². The molecule has 0 atom stereocenters. The van der Waals surface area contributed by atoms with E-state index in [1.807, 2.05) is 0 Å². The van der Waals surface area contributed by atoms with Gasteiger partial charge in [0, 0.05) is 19.3 Å². The highest BCUT2D eigenvalue weighted by molar-refractivity contribution is 5.08. The summed E-state index contributed by atoms with van der Waals surface area (Å²) in [5, 5.41) is 3.30. The highest BCUT2D eigenvalue weighted by atomic mass is 16.5. The molecule has 19 heavy (non-hydrogen) atoms. The van der Waals surface area contributed by atoms with Crippen molar-refractivity contribution >= 4 is 0 Å². The molecular weight excluding hydrogens is 240 g/mol. The maximum Gasteiger partial charge on any atom is 0.232 e. The minimum atomic E-state index is 0.614. The van der Waals surface area contributed by atoms with Crippen molar-refractivity contribution < 1.29 is 4.74 Å². The predicted octanol–water partition coefficient (Wildman–Crippen LogP) is 1.70. The highest BCUT2D eigenvalue weighted by Gasteiger charge is 2.02. The molecule has 1 N–H and O–H groups in total. The minimum absolute atomic E-state index is 0.614. The molecule has 0 bridgehead atoms. The van der Waals surface area contributed by atoms with Crippen molar-refractivity contribution in [2.24, 2.45) is 0 Å². The minimum Gasteiger partial charge on any atom is -0.475 e. The van der Waals surface area contributed by atoms with Crippen molar-refractivity contribution in [3.8, 4) is 5.88 Å². The van der Waals surface area contributed by atoms with Gasteiger partial charge in [0.2, 0.25) is 5.88 Å². The Bertz CT molecular complexity index is 342. The maximum absolute atomic E-state index is 5.64. The van der Waals surface area contributed by atoms with Crippen LogP contribution >= 0.6 is 0 Å². The Hall–Kier alpha value is -1.20. The van der Waals surface area contributed by atoms with Crippen molar-refractivity contribution in [2.45, 2.75) is 33.7 Å². The van der Waals surface area contributed by atoms with Gasteiger partial charge in [0.25, 0.3) is 0 Å². The summed E-state index contributed by atoms with van der Waals surface area (Å²) in [5.41, 5.74) is 0.925. The average molecular weight is 266 g/mol. The Morgan fingerprint density at radius 2 is 2.00 bits per heavy atom. The highest BCUT2D eigenvalue weighted by Crippen LogP contribution is 2.05. The second kappa shape index (κ2) is 9.69. The van der Waals surface area contributed by atoms with E-state index in [9.17, 15) is 0 Å². The number of ether oxygens (including phenoxy) is 1. The quantitative estimate of drug-likeness (QED) is 0.653. The van der Waals surface area contributed by atoms with Crippen molar-refractivity contribution in [2.75, 3.05) is 32.8 Å². The van der Waals surface area contributed by atoms with Gasteiger partial charge in [0.15, 0.2) is 0 Å². The molecule has 0 aromatic carbocycles. The van der Waals surface area contributed by atoms with E-state index < -0.39 is 0 Å². The molecule has 0 fully saturated rings. The SMILES string of the molecule is CCCNCc1cncc(OCCN(CC)CC)n1. The molecule has 1 aromatic rings. The molecule has 0 aliphatic rings. The summed E-state index contributed by atoms with van der Waals surface area (Å²) in [7, 11) is 0. The number of hydrogen-bond donors (Lipinski definition) is 1. The van der Waals surface area contributed by atoms with Crippen LogP contribution in [0.25, 0.3) is 0 Å². The number of likely N-dealkylation sites (N-methyl/N-ethyl adjacent to an activating group) is 1. The zero-order valence-corrected chi connectivity index (χ0v) is 12.4. The smallest absolute Gasteiger partial charge is 0.232 e. The number of nitrogens with one attached hydrogen (secondary N) is 1. The van der Waals surface area contributed by atoms with Crippen molar-refractivity contribution in [1.29, 1.82) is 0 Å². The van der Waals surface area contributed by atoms with Gasteiger partial charge in [-0.3, -0.25) is 4.98 Å². The van der Waals surface area contributed by atoms with Crippen LogP contribution in [-0.2, 0) is 6.54 Å². The number of nitrogens with zero attached hydrogens (tertiary/aromatic N) is 3. The first-order valence-electron chi connectivity index (χ1n) is 7.16. The van der Waals surface area contributed by atoms with Crippen molar-refractivity contribution in [1.82, 2.24) is 20.2 Å². The van der Waals surface area contributed by atoms with Gasteiger partial charge in [0.1, 0.15) is 6.61 Å². The van der Waals surface area contributed by atoms with E-state index in [-0.39, 0.29) is 0 Å². The Morgan fingerprint density at radius 3 is 2.68 bits per heavy atom. The molecule has 0 spiro atoms. The monoisotopic (exact) mass is 266 g/mol. The van der Waals surface area contributed by atoms with Crippen LogP contribution in [0, 0.1) is 0 Å². The van der Waals surface area contributed by atoms with Gasteiger partial charge < -0.3 is 15.0 Å². The fourth-order valence-corrected chi connectivity index (χ4v) is 1.75. The third kappa shape index (κ3) is 6.50. The lowest BCUT2D eigenvalue weighted by Crippen LogP contribution is -2.28. The molecule has 1 heterocycles. The molecule has 0 saturated carbocycles. The van der Waals surface area contributed by atoms with Gasteiger partial charge in [-0.1, -0.05) is 20.8 Å². The lowest BCUT2D eigenvalue weighted by Gasteiger charge is -2.17. The summed E-state index contributed by atoms with van der Waals surface area (Å²) < 4.78 is 5.64. The first-order chi connectivity index (χ1) is 9.30. The molecule has 108 valence electrons. The third-order valence-electron chi connectivity index (χ3n) is 2.95. The van der Waals surface area contributed by atoms with E-state index in [2.05, 4.69) is 41.0 Å². The van der Waals surface area contributed by atoms with Crippen LogP contribution in [0.5, 0.6) is 5.88 Å². The Balaban J connectivity index is 2.35. The number of aromatic nitrogens is 2. The summed E-state index contributed by atoms with van der Waals surface area (Å²) in [6.07, 6.45) is 4.57. The molecule has 5 heteroatoms. The van der Waals surface area contributed by atoms with E-state index in [0.717, 1.165) is 44.8 Å². The Morgan fingerprint density at radius 1 is 1.21 bits per heavy atom. The molecule has 0 unspecified atom stereocenters. The average Bonchev–Trinajstić information content (AvgIpc) is 2.44. The van der Waals surface area contributed by atoms with Crippen LogP contribution in [0.3, 0.4) is 0 Å². The zero-order valence-electron chi connectivity index (χ0n) is 12.4. The summed E-state index contributed by atoms with van der Waals surface area (Å²) >= 11 is 0. The number of rotatable bonds is 10. The van der Waals surface area contributed by atoms with Gasteiger partial charge >= 0.3 is 0 Å². The van der Waals surface area contributed by atoms with E-state index in [4.69, 9.17) is 4.74 Å². The molecule has 5 nitrogen and oxygen atoms in total. The lowest BCUT2D eigenvalue weighted by molar-refractivity contribution is 0.217. The van der Waals surface area contributed by atoms with Crippen LogP contribution in [0.4, 0.5) is 0 Å². The Kier molecular flexibility index (Phi) is 8.09. The molecule has 0 saturated heterocycles. The first-order valence-corrected chi connectivity index (χ1v) is 7.16. The largest absolute Gasteiger partial charge is 0.475 e. The van der Waals surface area contributed by atoms with Crippen LogP contribution < -0.4 is 10.1 Å². The second-order valence-corrected chi connectivity index (χ2v) is 4.40. The molecule has 1 rings (SSSR count). The van der Waals surface area contributed by atoms with Gasteiger partial charge in [-0.05, 0) is 26.1 Å². The van der Waals surface area contributed by atoms with E-state index in [0.29, 0.717) is 12.5 Å². The van der Waals surface area contributed by atoms with Gasteiger partial charge in [-0.15, -0.1) is 0 Å². The van der Waals surface area contributed by atoms with E-state index in [1.54, 1.807) is 12.4 Å². The van der Waals surface area contributed by atoms with Crippen molar-refractivity contribution in [3.63, 3.8) is 0 Å². The summed E-state index contributed by atoms with van der Waals surface area (Å²) in [5.74, 6) is 0.614. The second-order valence-electron chi connectivity index (χ2n) is 4.40. The van der Waals surface area contributed by atoms with Crippen LogP contribution in [0.15, 0.2) is 12.4 Å². The van der Waals surface area contributed by atoms with Crippen molar-refractivity contribution in [3.05, 3.63) is 18.1 Å². The van der Waals surface area contributed by atoms with E-state index >= 15 is 0 Å². The number of hydrogen-bond acceptors (Lipinski definition) is 5. The maximum atomic E-state index is 5.64. The molecular formula is C14H26N4O. The zero-order chi connectivity index (χ0) is 13.9. The summed E-state index contributed by atoms with van der Waals surface area (Å²) in [6.45, 7) is 11.9. The van der Waals surface area contributed by atoms with Gasteiger partial charge in [-0.25, -0.2) is 4.98 Å². The van der Waals surface area contributed by atoms with Crippen LogP contribution in [0.2, 0.25) is 0 Å². The van der Waals surface area contributed by atoms with Crippen LogP contribution in [-0.4, -0.2) is 47.7 Å². The fraction of sp³-hybridized carbons (Fsp3) is 0.714. The molecule has 0 radical (unpaired) electrons. The molecule has 0 amide bonds. The standard InChI is InChI=1S/C14H26N4O/c1-4-7-15-10-13-11-16-12-14(17-13)19-9-8-18(5-2)6-3/h11-12,15H,4-10H2,1-3H3. The van der Waals surface area contributed by atoms with Gasteiger partial charge in [0.05, 0.1) is 11.9 Å². The molecule has 0 aliphatic carbocycles. The van der Waals surface area contributed by atoms with Gasteiger partial charge in [-0.2, -0.15) is 0 Å². The summed E-state index contributed by atoms with van der Waals surface area (Å²) in [4.78, 5) is 10.9. The molecule has 1 aromatic heterocycles.